The van der Waals surface area contributed by atoms with Gasteiger partial charge in [0.1, 0.15) is 0 Å². The molecule has 0 aliphatic rings. The van der Waals surface area contributed by atoms with Gasteiger partial charge in [0, 0.05) is 0 Å². The first-order chi connectivity index (χ1) is 7.97. The van der Waals surface area contributed by atoms with Crippen LogP contribution in [0.2, 0.25) is 0 Å². The van der Waals surface area contributed by atoms with Crippen LogP contribution in [0.25, 0.3) is 11.1 Å². The molecule has 4 nitrogen and oxygen atoms in total. The number of rotatable bonds is 1. The minimum absolute atomic E-state index is 0. The Balaban J connectivity index is 0.000000421. The third kappa shape index (κ3) is 8.01. The van der Waals surface area contributed by atoms with Crippen LogP contribution in [0.15, 0.2) is 60.7 Å². The summed E-state index contributed by atoms with van der Waals surface area (Å²) in [6.45, 7) is 0. The standard InChI is InChI=1S/C12H10.ClH.H3O4P/c1-3-7-11(8-4-1)12-9-5-2-6-10-12;;1-5(2,3)4/h1-10H;1H;(H3,1,2,3,4). The van der Waals surface area contributed by atoms with Crippen LogP contribution in [0.3, 0.4) is 0 Å². The lowest BCUT2D eigenvalue weighted by Gasteiger charge is -1.98. The SMILES string of the molecule is Cl.O=P(O)(O)O.c1ccc(-c2ccccc2)cc1. The molecular weight excluding hydrogens is 275 g/mol. The van der Waals surface area contributed by atoms with Crippen LogP contribution in [0.5, 0.6) is 0 Å². The highest BCUT2D eigenvalue weighted by molar-refractivity contribution is 7.45. The minimum atomic E-state index is -4.64. The molecule has 0 heterocycles. The predicted octanol–water partition coefficient (Wildman–Crippen LogP) is 2.85. The highest BCUT2D eigenvalue weighted by Gasteiger charge is 2.00. The molecular formula is C12H14ClO4P. The summed E-state index contributed by atoms with van der Waals surface area (Å²) < 4.78 is 8.88. The molecule has 2 aromatic rings. The summed E-state index contributed by atoms with van der Waals surface area (Å²) in [5.74, 6) is 0. The Labute approximate surface area is 112 Å². The Morgan fingerprint density at radius 3 is 1.11 bits per heavy atom. The number of halogens is 1. The van der Waals surface area contributed by atoms with Crippen molar-refractivity contribution < 1.29 is 19.2 Å². The van der Waals surface area contributed by atoms with Crippen molar-refractivity contribution in [3.8, 4) is 11.1 Å². The topological polar surface area (TPSA) is 77.8 Å². The fourth-order valence-corrected chi connectivity index (χ4v) is 1.26. The van der Waals surface area contributed by atoms with Gasteiger partial charge in [-0.1, -0.05) is 60.7 Å². The van der Waals surface area contributed by atoms with Crippen molar-refractivity contribution >= 4 is 20.2 Å². The highest BCUT2D eigenvalue weighted by Crippen LogP contribution is 2.25. The zero-order valence-electron chi connectivity index (χ0n) is 9.38. The summed E-state index contributed by atoms with van der Waals surface area (Å²) in [4.78, 5) is 21.6. The van der Waals surface area contributed by atoms with E-state index in [4.69, 9.17) is 19.2 Å². The monoisotopic (exact) mass is 288 g/mol. The van der Waals surface area contributed by atoms with Crippen LogP contribution in [0, 0.1) is 0 Å². The zero-order chi connectivity index (χ0) is 12.7. The van der Waals surface area contributed by atoms with Crippen molar-refractivity contribution in [2.24, 2.45) is 0 Å². The quantitative estimate of drug-likeness (QED) is 0.705. The van der Waals surface area contributed by atoms with E-state index in [-0.39, 0.29) is 12.4 Å². The Morgan fingerprint density at radius 2 is 0.889 bits per heavy atom. The maximum Gasteiger partial charge on any atom is 0.466 e. The lowest BCUT2D eigenvalue weighted by molar-refractivity contribution is 0.275. The average molecular weight is 289 g/mol. The van der Waals surface area contributed by atoms with Crippen molar-refractivity contribution in [3.05, 3.63) is 60.7 Å². The van der Waals surface area contributed by atoms with Gasteiger partial charge in [0.2, 0.25) is 0 Å². The Kier molecular flexibility index (Phi) is 7.51. The lowest BCUT2D eigenvalue weighted by atomic mass is 10.1. The van der Waals surface area contributed by atoms with E-state index in [0.717, 1.165) is 0 Å². The molecule has 0 saturated carbocycles. The van der Waals surface area contributed by atoms with E-state index in [1.165, 1.54) is 11.1 Å². The Hall–Kier alpha value is -1.16. The summed E-state index contributed by atoms with van der Waals surface area (Å²) >= 11 is 0. The van der Waals surface area contributed by atoms with E-state index in [0.29, 0.717) is 0 Å². The van der Waals surface area contributed by atoms with Gasteiger partial charge in [-0.05, 0) is 11.1 Å². The van der Waals surface area contributed by atoms with Gasteiger partial charge < -0.3 is 14.7 Å². The lowest BCUT2D eigenvalue weighted by Crippen LogP contribution is -1.73. The third-order valence-corrected chi connectivity index (χ3v) is 1.88. The second kappa shape index (κ2) is 8.03. The molecule has 98 valence electrons. The van der Waals surface area contributed by atoms with E-state index in [1.807, 2.05) is 12.1 Å². The molecule has 0 aliphatic carbocycles. The van der Waals surface area contributed by atoms with Gasteiger partial charge in [-0.2, -0.15) is 0 Å². The molecule has 0 bridgehead atoms. The van der Waals surface area contributed by atoms with Gasteiger partial charge in [-0.15, -0.1) is 12.4 Å². The second-order valence-corrected chi connectivity index (χ2v) is 4.27. The van der Waals surface area contributed by atoms with Crippen molar-refractivity contribution in [3.63, 3.8) is 0 Å². The molecule has 0 amide bonds. The van der Waals surface area contributed by atoms with E-state index < -0.39 is 7.82 Å². The maximum atomic E-state index is 8.88. The van der Waals surface area contributed by atoms with Crippen LogP contribution in [0.4, 0.5) is 0 Å². The molecule has 3 N–H and O–H groups in total. The fraction of sp³-hybridized carbons (Fsp3) is 0. The van der Waals surface area contributed by atoms with Gasteiger partial charge in [-0.25, -0.2) is 4.57 Å². The molecule has 6 heteroatoms. The molecule has 0 radical (unpaired) electrons. The average Bonchev–Trinajstić information content (AvgIpc) is 2.29. The molecule has 0 atom stereocenters. The molecule has 0 aromatic heterocycles. The van der Waals surface area contributed by atoms with Gasteiger partial charge >= 0.3 is 7.82 Å². The van der Waals surface area contributed by atoms with Crippen LogP contribution in [0.1, 0.15) is 0 Å². The first-order valence-electron chi connectivity index (χ1n) is 4.85. The van der Waals surface area contributed by atoms with E-state index in [2.05, 4.69) is 48.5 Å². The predicted molar refractivity (Wildman–Crippen MR) is 73.4 cm³/mol. The summed E-state index contributed by atoms with van der Waals surface area (Å²) in [7, 11) is -4.64. The van der Waals surface area contributed by atoms with E-state index in [9.17, 15) is 0 Å². The number of hydrogen-bond donors (Lipinski definition) is 3. The zero-order valence-corrected chi connectivity index (χ0v) is 11.1. The third-order valence-electron chi connectivity index (χ3n) is 1.88. The summed E-state index contributed by atoms with van der Waals surface area (Å²) in [6.07, 6.45) is 0. The van der Waals surface area contributed by atoms with Crippen molar-refractivity contribution in [2.75, 3.05) is 0 Å². The van der Waals surface area contributed by atoms with Crippen LogP contribution >= 0.6 is 20.2 Å². The van der Waals surface area contributed by atoms with E-state index in [1.54, 1.807) is 0 Å². The molecule has 2 rings (SSSR count). The summed E-state index contributed by atoms with van der Waals surface area (Å²) in [6, 6.07) is 20.8. The normalized spacial score (nSPS) is 9.72. The minimum Gasteiger partial charge on any atom is -0.303 e. The van der Waals surface area contributed by atoms with Crippen LogP contribution in [-0.2, 0) is 4.57 Å². The van der Waals surface area contributed by atoms with Crippen LogP contribution < -0.4 is 0 Å². The summed E-state index contributed by atoms with van der Waals surface area (Å²) in [5.41, 5.74) is 2.55. The molecule has 0 aliphatic heterocycles. The second-order valence-electron chi connectivity index (χ2n) is 3.25. The smallest absolute Gasteiger partial charge is 0.303 e. The fourth-order valence-electron chi connectivity index (χ4n) is 1.26. The maximum absolute atomic E-state index is 8.88. The molecule has 18 heavy (non-hydrogen) atoms. The van der Waals surface area contributed by atoms with Crippen molar-refractivity contribution in [1.82, 2.24) is 0 Å². The largest absolute Gasteiger partial charge is 0.466 e. The Bertz CT molecular complexity index is 438. The molecule has 2 aromatic carbocycles. The van der Waals surface area contributed by atoms with Gasteiger partial charge in [0.25, 0.3) is 0 Å². The van der Waals surface area contributed by atoms with Crippen molar-refractivity contribution in [2.45, 2.75) is 0 Å². The number of hydrogen-bond acceptors (Lipinski definition) is 1. The highest BCUT2D eigenvalue weighted by atomic mass is 35.5. The van der Waals surface area contributed by atoms with Crippen molar-refractivity contribution in [1.29, 1.82) is 0 Å². The van der Waals surface area contributed by atoms with Gasteiger partial charge in [0.15, 0.2) is 0 Å². The van der Waals surface area contributed by atoms with Crippen LogP contribution in [-0.4, -0.2) is 14.7 Å². The number of benzene rings is 2. The molecule has 0 unspecified atom stereocenters. The number of phosphoric acid groups is 1. The van der Waals surface area contributed by atoms with Gasteiger partial charge in [0.05, 0.1) is 0 Å². The molecule has 0 spiro atoms. The first kappa shape index (κ1) is 16.8. The Morgan fingerprint density at radius 1 is 0.667 bits per heavy atom. The molecule has 0 saturated heterocycles. The first-order valence-corrected chi connectivity index (χ1v) is 6.42. The molecule has 0 fully saturated rings. The van der Waals surface area contributed by atoms with Gasteiger partial charge in [-0.3, -0.25) is 0 Å². The summed E-state index contributed by atoms with van der Waals surface area (Å²) in [5, 5.41) is 0. The van der Waals surface area contributed by atoms with E-state index >= 15 is 0 Å².